The van der Waals surface area contributed by atoms with Crippen LogP contribution in [0, 0.1) is 0 Å². The third kappa shape index (κ3) is 74.0. The van der Waals surface area contributed by atoms with Gasteiger partial charge in [-0.25, -0.2) is 9.13 Å². The van der Waals surface area contributed by atoms with Crippen LogP contribution in [-0.2, 0) is 65.4 Å². The molecule has 5 unspecified atom stereocenters. The van der Waals surface area contributed by atoms with E-state index in [2.05, 4.69) is 125 Å². The van der Waals surface area contributed by atoms with E-state index in [1.807, 2.05) is 12.2 Å². The summed E-state index contributed by atoms with van der Waals surface area (Å²) in [5, 5.41) is 10.6. The molecule has 0 heterocycles. The van der Waals surface area contributed by atoms with Crippen LogP contribution in [0.2, 0.25) is 0 Å². The first kappa shape index (κ1) is 97.7. The lowest BCUT2D eigenvalue weighted by Crippen LogP contribution is -2.30. The van der Waals surface area contributed by atoms with E-state index >= 15 is 0 Å². The van der Waals surface area contributed by atoms with E-state index in [0.29, 0.717) is 32.1 Å². The number of ether oxygens (including phenoxy) is 4. The molecule has 0 saturated carbocycles. The molecule has 0 bridgehead atoms. The van der Waals surface area contributed by atoms with Crippen molar-refractivity contribution in [3.63, 3.8) is 0 Å². The lowest BCUT2D eigenvalue weighted by atomic mass is 10.1. The summed E-state index contributed by atoms with van der Waals surface area (Å²) in [6.45, 7) is 4.66. The van der Waals surface area contributed by atoms with Gasteiger partial charge >= 0.3 is 39.5 Å². The maximum Gasteiger partial charge on any atom is 0.472 e. The number of rotatable bonds is 75. The molecule has 3 N–H and O–H groups in total. The Morgan fingerprint density at radius 1 is 0.284 bits per heavy atom. The van der Waals surface area contributed by atoms with Crippen molar-refractivity contribution in [2.45, 2.75) is 354 Å². The van der Waals surface area contributed by atoms with E-state index in [9.17, 15) is 43.2 Å². The van der Waals surface area contributed by atoms with Crippen LogP contribution in [0.15, 0.2) is 109 Å². The highest BCUT2D eigenvalue weighted by molar-refractivity contribution is 7.47. The van der Waals surface area contributed by atoms with Gasteiger partial charge in [0.2, 0.25) is 0 Å². The van der Waals surface area contributed by atoms with Gasteiger partial charge < -0.3 is 33.8 Å². The monoisotopic (exact) mass is 1470 g/mol. The summed E-state index contributed by atoms with van der Waals surface area (Å²) in [6, 6.07) is 0. The van der Waals surface area contributed by atoms with E-state index in [-0.39, 0.29) is 25.7 Å². The summed E-state index contributed by atoms with van der Waals surface area (Å²) in [4.78, 5) is 72.9. The van der Waals surface area contributed by atoms with Gasteiger partial charge in [0.1, 0.15) is 19.3 Å². The van der Waals surface area contributed by atoms with Gasteiger partial charge in [0.25, 0.3) is 0 Å². The fourth-order valence-electron chi connectivity index (χ4n) is 10.6. The number of carbonyl (C=O) groups excluding carboxylic acids is 4. The van der Waals surface area contributed by atoms with Crippen molar-refractivity contribution in [2.75, 3.05) is 39.6 Å². The molecule has 0 saturated heterocycles. The number of carbonyl (C=O) groups is 4. The van der Waals surface area contributed by atoms with Crippen molar-refractivity contribution in [3.05, 3.63) is 109 Å². The SMILES string of the molecule is CC/C=C\C/C=C\C/C=C\C/C=C\C/C=C\CCCC(=O)OC(COC(=O)CCCCCCCC/C=C\C/C=C\C/C=C\CCCCC)COP(=O)(O)OCC(O)COP(=O)(O)OCC(COC(=O)CCCCCCC/C=C\CCCCCCCC)OC(=O)CCCCCCCCCCCCC. The topological polar surface area (TPSA) is 237 Å². The largest absolute Gasteiger partial charge is 0.472 e. The Balaban J connectivity index is 5.39. The van der Waals surface area contributed by atoms with E-state index in [1.54, 1.807) is 0 Å². The molecule has 0 fully saturated rings. The second kappa shape index (κ2) is 75.0. The lowest BCUT2D eigenvalue weighted by molar-refractivity contribution is -0.161. The van der Waals surface area contributed by atoms with Crippen molar-refractivity contribution in [3.8, 4) is 0 Å². The third-order valence-electron chi connectivity index (χ3n) is 16.7. The van der Waals surface area contributed by atoms with Crippen LogP contribution in [0.3, 0.4) is 0 Å². The molecule has 0 rings (SSSR count). The summed E-state index contributed by atoms with van der Waals surface area (Å²) in [5.74, 6) is -2.25. The Kier molecular flexibility index (Phi) is 71.8. The summed E-state index contributed by atoms with van der Waals surface area (Å²) < 4.78 is 68.5. The van der Waals surface area contributed by atoms with Gasteiger partial charge in [-0.15, -0.1) is 0 Å². The first-order chi connectivity index (χ1) is 49.7. The van der Waals surface area contributed by atoms with Crippen molar-refractivity contribution < 1.29 is 80.2 Å². The molecule has 0 aliphatic rings. The average Bonchev–Trinajstić information content (AvgIpc) is 0.927. The highest BCUT2D eigenvalue weighted by Gasteiger charge is 2.30. The highest BCUT2D eigenvalue weighted by Crippen LogP contribution is 2.45. The molecule has 0 aromatic rings. The first-order valence-electron chi connectivity index (χ1n) is 40.1. The van der Waals surface area contributed by atoms with E-state index in [1.165, 1.54) is 96.3 Å². The number of hydrogen-bond acceptors (Lipinski definition) is 15. The minimum atomic E-state index is -5.00. The predicted octanol–water partition coefficient (Wildman–Crippen LogP) is 23.3. The van der Waals surface area contributed by atoms with Gasteiger partial charge in [-0.1, -0.05) is 291 Å². The smallest absolute Gasteiger partial charge is 0.462 e. The Morgan fingerprint density at radius 3 is 0.853 bits per heavy atom. The minimum absolute atomic E-state index is 0.0126. The average molecular weight is 1480 g/mol. The number of phosphoric ester groups is 2. The Morgan fingerprint density at radius 2 is 0.520 bits per heavy atom. The lowest BCUT2D eigenvalue weighted by Gasteiger charge is -2.21. The summed E-state index contributed by atoms with van der Waals surface area (Å²) in [6.07, 6.45) is 80.8. The minimum Gasteiger partial charge on any atom is -0.462 e. The molecular weight excluding hydrogens is 1330 g/mol. The molecule has 0 aliphatic heterocycles. The first-order valence-corrected chi connectivity index (χ1v) is 43.1. The van der Waals surface area contributed by atoms with Crippen molar-refractivity contribution in [2.24, 2.45) is 0 Å². The van der Waals surface area contributed by atoms with Crippen LogP contribution in [0.5, 0.6) is 0 Å². The van der Waals surface area contributed by atoms with Crippen LogP contribution in [0.1, 0.15) is 336 Å². The highest BCUT2D eigenvalue weighted by atomic mass is 31.2. The van der Waals surface area contributed by atoms with Crippen LogP contribution < -0.4 is 0 Å². The fraction of sp³-hybridized carbons (Fsp3) is 0.735. The predicted molar refractivity (Wildman–Crippen MR) is 418 cm³/mol. The molecule has 0 radical (unpaired) electrons. The fourth-order valence-corrected chi connectivity index (χ4v) is 12.2. The zero-order valence-electron chi connectivity index (χ0n) is 64.3. The van der Waals surface area contributed by atoms with Crippen LogP contribution in [0.4, 0.5) is 0 Å². The second-order valence-corrected chi connectivity index (χ2v) is 29.5. The molecule has 17 nitrogen and oxygen atoms in total. The molecule has 0 spiro atoms. The number of aliphatic hydroxyl groups is 1. The number of esters is 4. The molecule has 0 aromatic heterocycles. The molecule has 588 valence electrons. The molecule has 102 heavy (non-hydrogen) atoms. The summed E-state index contributed by atoms with van der Waals surface area (Å²) >= 11 is 0. The van der Waals surface area contributed by atoms with Gasteiger partial charge in [0.15, 0.2) is 12.2 Å². The Hall–Kier alpha value is -4.28. The van der Waals surface area contributed by atoms with Crippen molar-refractivity contribution in [1.82, 2.24) is 0 Å². The van der Waals surface area contributed by atoms with Crippen molar-refractivity contribution in [1.29, 1.82) is 0 Å². The molecule has 0 amide bonds. The van der Waals surface area contributed by atoms with Gasteiger partial charge in [-0.3, -0.25) is 37.3 Å². The van der Waals surface area contributed by atoms with Crippen molar-refractivity contribution >= 4 is 39.5 Å². The normalized spacial score (nSPS) is 14.5. The quantitative estimate of drug-likeness (QED) is 0.0169. The standard InChI is InChI=1S/C83H144O17P2/c1-5-9-13-17-21-25-29-32-35-37-38-40-42-45-49-52-56-60-64-68-81(86)94-74-79(100-83(88)70-66-62-58-54-50-46-43-39-36-33-30-26-22-18-14-10-6-2)76-98-102(91,92)96-72-77(84)71-95-101(89,90)97-75-78(99-82(87)69-65-61-57-53-47-28-24-20-16-12-8-4)73-93-80(85)67-63-59-55-51-48-44-41-34-31-27-23-19-15-11-7-3/h10,14,21-22,25-26,32-36,38,40-41,43,46,54,58,77-79,84H,5-9,11-13,15-20,23-24,27-31,37,39,42,44-45,47-53,55-57,59-76H2,1-4H3,(H,89,90)(H,91,92)/b14-10-,25-21-,26-22-,35-32-,36-33-,40-38-,41-34-,46-43-,58-54-. The maximum absolute atomic E-state index is 13.1. The van der Waals surface area contributed by atoms with E-state index < -0.39 is 97.5 Å². The van der Waals surface area contributed by atoms with Gasteiger partial charge in [0.05, 0.1) is 26.4 Å². The molecular formula is C83H144O17P2. The van der Waals surface area contributed by atoms with Gasteiger partial charge in [-0.2, -0.15) is 0 Å². The van der Waals surface area contributed by atoms with Gasteiger partial charge in [0, 0.05) is 25.7 Å². The van der Waals surface area contributed by atoms with Crippen LogP contribution in [-0.4, -0.2) is 96.7 Å². The third-order valence-corrected chi connectivity index (χ3v) is 18.6. The number of aliphatic hydroxyl groups excluding tert-OH is 1. The molecule has 0 aromatic carbocycles. The number of allylic oxidation sites excluding steroid dienone is 18. The summed E-state index contributed by atoms with van der Waals surface area (Å²) in [5.41, 5.74) is 0. The van der Waals surface area contributed by atoms with Crippen LogP contribution >= 0.6 is 15.6 Å². The molecule has 19 heteroatoms. The van der Waals surface area contributed by atoms with E-state index in [4.69, 9.17) is 37.0 Å². The van der Waals surface area contributed by atoms with Gasteiger partial charge in [-0.05, 0) is 128 Å². The molecule has 0 aliphatic carbocycles. The number of phosphoric acid groups is 2. The maximum atomic E-state index is 13.1. The Bertz CT molecular complexity index is 2360. The second-order valence-electron chi connectivity index (χ2n) is 26.6. The zero-order valence-corrected chi connectivity index (χ0v) is 66.0. The van der Waals surface area contributed by atoms with Crippen LogP contribution in [0.25, 0.3) is 0 Å². The number of unbranched alkanes of at least 4 members (excludes halogenated alkanes) is 31. The molecule has 5 atom stereocenters. The zero-order chi connectivity index (χ0) is 74.6. The Labute approximate surface area is 619 Å². The summed E-state index contributed by atoms with van der Waals surface area (Å²) in [7, 11) is -9.97. The number of hydrogen-bond donors (Lipinski definition) is 3. The van der Waals surface area contributed by atoms with E-state index in [0.717, 1.165) is 154 Å².